The maximum atomic E-state index is 12.8. The molecule has 2 N–H and O–H groups in total. The number of hydrogen-bond acceptors (Lipinski definition) is 6. The Hall–Kier alpha value is -3.09. The van der Waals surface area contributed by atoms with Gasteiger partial charge in [0.2, 0.25) is 15.9 Å². The van der Waals surface area contributed by atoms with Gasteiger partial charge in [0, 0.05) is 49.8 Å². The molecule has 2 heterocycles. The van der Waals surface area contributed by atoms with Gasteiger partial charge < -0.3 is 15.4 Å². The molecule has 8 nitrogen and oxygen atoms in total. The number of methoxy groups -OCH3 is 1. The third-order valence-corrected chi connectivity index (χ3v) is 6.75. The number of anilines is 1. The zero-order valence-corrected chi connectivity index (χ0v) is 17.5. The zero-order chi connectivity index (χ0) is 21.6. The minimum Gasteiger partial charge on any atom is -0.497 e. The van der Waals surface area contributed by atoms with Crippen molar-refractivity contribution in [3.05, 3.63) is 54.4 Å². The SMILES string of the molecule is COc1ccc(N2CCN(S(=O)(=O)CC(C#Cc3cccnc3)C(N)=O)CC2)cc1. The number of pyridine rings is 1. The highest BCUT2D eigenvalue weighted by Gasteiger charge is 2.31. The molecule has 1 saturated heterocycles. The number of hydrogen-bond donors (Lipinski definition) is 1. The fraction of sp³-hybridized carbons (Fsp3) is 0.333. The van der Waals surface area contributed by atoms with Gasteiger partial charge in [-0.15, -0.1) is 0 Å². The average Bonchev–Trinajstić information content (AvgIpc) is 2.77. The van der Waals surface area contributed by atoms with Crippen LogP contribution in [0, 0.1) is 17.8 Å². The van der Waals surface area contributed by atoms with Gasteiger partial charge in [-0.05, 0) is 36.4 Å². The van der Waals surface area contributed by atoms with Gasteiger partial charge in [-0.3, -0.25) is 9.78 Å². The van der Waals surface area contributed by atoms with Crippen LogP contribution in [-0.4, -0.2) is 62.7 Å². The third kappa shape index (κ3) is 5.49. The van der Waals surface area contributed by atoms with Crippen molar-refractivity contribution in [3.8, 4) is 17.6 Å². The van der Waals surface area contributed by atoms with Crippen molar-refractivity contribution in [1.29, 1.82) is 0 Å². The average molecular weight is 429 g/mol. The Morgan fingerprint density at radius 2 is 1.90 bits per heavy atom. The lowest BCUT2D eigenvalue weighted by Gasteiger charge is -2.35. The Bertz CT molecular complexity index is 1020. The van der Waals surface area contributed by atoms with Crippen LogP contribution in [0.3, 0.4) is 0 Å². The quantitative estimate of drug-likeness (QED) is 0.679. The standard InChI is InChI=1S/C21H24N4O4S/c1-29-20-8-6-19(7-9-20)24-11-13-25(14-12-24)30(27,28)16-18(21(22)26)5-4-17-3-2-10-23-15-17/h2-3,6-10,15,18H,11-14,16H2,1H3,(H2,22,26). The molecule has 1 aromatic heterocycles. The number of benzene rings is 1. The minimum absolute atomic E-state index is 0.329. The molecule has 0 spiro atoms. The van der Waals surface area contributed by atoms with Crippen LogP contribution in [-0.2, 0) is 14.8 Å². The molecule has 3 rings (SSSR count). The molecular formula is C21H24N4O4S. The highest BCUT2D eigenvalue weighted by molar-refractivity contribution is 7.89. The molecule has 1 fully saturated rings. The number of rotatable bonds is 6. The summed E-state index contributed by atoms with van der Waals surface area (Å²) in [6, 6.07) is 11.1. The molecule has 1 aliphatic heterocycles. The van der Waals surface area contributed by atoms with Gasteiger partial charge in [0.1, 0.15) is 11.7 Å². The number of sulfonamides is 1. The first-order valence-electron chi connectivity index (χ1n) is 9.47. The van der Waals surface area contributed by atoms with Crippen molar-refractivity contribution in [1.82, 2.24) is 9.29 Å². The van der Waals surface area contributed by atoms with Crippen molar-refractivity contribution < 1.29 is 17.9 Å². The Labute approximate surface area is 176 Å². The summed E-state index contributed by atoms with van der Waals surface area (Å²) in [6.07, 6.45) is 3.14. The van der Waals surface area contributed by atoms with Gasteiger partial charge in [-0.1, -0.05) is 11.8 Å². The van der Waals surface area contributed by atoms with E-state index < -0.39 is 27.6 Å². The first kappa shape index (κ1) is 21.6. The fourth-order valence-electron chi connectivity index (χ4n) is 3.14. The van der Waals surface area contributed by atoms with Crippen LogP contribution in [0.15, 0.2) is 48.8 Å². The predicted molar refractivity (Wildman–Crippen MR) is 114 cm³/mol. The molecule has 9 heteroatoms. The summed E-state index contributed by atoms with van der Waals surface area (Å²) in [5.41, 5.74) is 7.00. The monoisotopic (exact) mass is 428 g/mol. The summed E-state index contributed by atoms with van der Waals surface area (Å²) in [6.45, 7) is 1.76. The Kier molecular flexibility index (Phi) is 6.92. The summed E-state index contributed by atoms with van der Waals surface area (Å²) in [4.78, 5) is 17.8. The molecule has 1 unspecified atom stereocenters. The van der Waals surface area contributed by atoms with E-state index in [0.717, 1.165) is 11.4 Å². The number of carbonyl (C=O) groups excluding carboxylic acids is 1. The molecule has 0 aliphatic carbocycles. The second kappa shape index (κ2) is 9.61. The molecule has 0 bridgehead atoms. The maximum absolute atomic E-state index is 12.8. The number of primary amides is 1. The molecule has 0 saturated carbocycles. The lowest BCUT2D eigenvalue weighted by atomic mass is 10.1. The lowest BCUT2D eigenvalue weighted by molar-refractivity contribution is -0.119. The second-order valence-corrected chi connectivity index (χ2v) is 8.84. The summed E-state index contributed by atoms with van der Waals surface area (Å²) >= 11 is 0. The van der Waals surface area contributed by atoms with E-state index in [-0.39, 0.29) is 0 Å². The van der Waals surface area contributed by atoms with Gasteiger partial charge in [0.05, 0.1) is 12.9 Å². The van der Waals surface area contributed by atoms with E-state index in [2.05, 4.69) is 21.7 Å². The predicted octanol–water partition coefficient (Wildman–Crippen LogP) is 0.695. The fourth-order valence-corrected chi connectivity index (χ4v) is 4.73. The van der Waals surface area contributed by atoms with Gasteiger partial charge in [0.15, 0.2) is 0 Å². The molecule has 1 aromatic carbocycles. The molecule has 158 valence electrons. The van der Waals surface area contributed by atoms with E-state index in [9.17, 15) is 13.2 Å². The zero-order valence-electron chi connectivity index (χ0n) is 16.7. The molecule has 1 atom stereocenters. The van der Waals surface area contributed by atoms with E-state index in [1.165, 1.54) is 10.5 Å². The number of nitrogens with zero attached hydrogens (tertiary/aromatic N) is 3. The Balaban J connectivity index is 1.63. The topological polar surface area (TPSA) is 106 Å². The number of aromatic nitrogens is 1. The van der Waals surface area contributed by atoms with E-state index in [0.29, 0.717) is 31.7 Å². The summed E-state index contributed by atoms with van der Waals surface area (Å²) in [5.74, 6) is 3.95. The smallest absolute Gasteiger partial charge is 0.233 e. The molecule has 1 aliphatic rings. The van der Waals surface area contributed by atoms with Crippen molar-refractivity contribution in [2.24, 2.45) is 11.7 Å². The second-order valence-electron chi connectivity index (χ2n) is 6.83. The van der Waals surface area contributed by atoms with Gasteiger partial charge in [0.25, 0.3) is 0 Å². The number of nitrogens with two attached hydrogens (primary N) is 1. The normalized spacial score (nSPS) is 15.7. The number of ether oxygens (including phenoxy) is 1. The molecule has 0 radical (unpaired) electrons. The van der Waals surface area contributed by atoms with Crippen molar-refractivity contribution in [2.75, 3.05) is 43.9 Å². The van der Waals surface area contributed by atoms with E-state index >= 15 is 0 Å². The van der Waals surface area contributed by atoms with E-state index in [4.69, 9.17) is 10.5 Å². The van der Waals surface area contributed by atoms with Crippen LogP contribution in [0.2, 0.25) is 0 Å². The van der Waals surface area contributed by atoms with E-state index in [1.54, 1.807) is 25.4 Å². The van der Waals surface area contributed by atoms with Crippen molar-refractivity contribution >= 4 is 21.6 Å². The molecule has 2 aromatic rings. The number of amides is 1. The van der Waals surface area contributed by atoms with E-state index in [1.807, 2.05) is 24.3 Å². The van der Waals surface area contributed by atoms with Gasteiger partial charge in [-0.25, -0.2) is 8.42 Å². The van der Waals surface area contributed by atoms with Crippen LogP contribution in [0.5, 0.6) is 5.75 Å². The molecule has 1 amide bonds. The van der Waals surface area contributed by atoms with Crippen LogP contribution >= 0.6 is 0 Å². The van der Waals surface area contributed by atoms with Crippen molar-refractivity contribution in [3.63, 3.8) is 0 Å². The minimum atomic E-state index is -3.68. The summed E-state index contributed by atoms with van der Waals surface area (Å²) in [7, 11) is -2.07. The highest BCUT2D eigenvalue weighted by Crippen LogP contribution is 2.21. The first-order chi connectivity index (χ1) is 14.4. The Morgan fingerprint density at radius 3 is 2.47 bits per heavy atom. The van der Waals surface area contributed by atoms with Crippen LogP contribution in [0.4, 0.5) is 5.69 Å². The first-order valence-corrected chi connectivity index (χ1v) is 11.1. The lowest BCUT2D eigenvalue weighted by Crippen LogP contribution is -2.50. The third-order valence-electron chi connectivity index (χ3n) is 4.84. The van der Waals surface area contributed by atoms with Gasteiger partial charge in [-0.2, -0.15) is 4.31 Å². The largest absolute Gasteiger partial charge is 0.497 e. The van der Waals surface area contributed by atoms with Crippen LogP contribution in [0.25, 0.3) is 0 Å². The molecular weight excluding hydrogens is 404 g/mol. The number of piperazine rings is 1. The number of carbonyl (C=O) groups is 1. The van der Waals surface area contributed by atoms with Crippen LogP contribution < -0.4 is 15.4 Å². The summed E-state index contributed by atoms with van der Waals surface area (Å²) < 4.78 is 32.2. The van der Waals surface area contributed by atoms with Gasteiger partial charge >= 0.3 is 0 Å². The molecule has 30 heavy (non-hydrogen) atoms. The highest BCUT2D eigenvalue weighted by atomic mass is 32.2. The summed E-state index contributed by atoms with van der Waals surface area (Å²) in [5, 5.41) is 0. The van der Waals surface area contributed by atoms with Crippen LogP contribution in [0.1, 0.15) is 5.56 Å². The maximum Gasteiger partial charge on any atom is 0.233 e. The Morgan fingerprint density at radius 1 is 1.20 bits per heavy atom. The van der Waals surface area contributed by atoms with Crippen molar-refractivity contribution in [2.45, 2.75) is 0 Å².